The highest BCUT2D eigenvalue weighted by molar-refractivity contribution is 4.79. The minimum absolute atomic E-state index is 0.239. The summed E-state index contributed by atoms with van der Waals surface area (Å²) in [6.45, 7) is 8.68. The number of hydrogen-bond donors (Lipinski definition) is 2. The summed E-state index contributed by atoms with van der Waals surface area (Å²) < 4.78 is 0. The van der Waals surface area contributed by atoms with Gasteiger partial charge in [0.05, 0.1) is 0 Å². The molecule has 0 unspecified atom stereocenters. The summed E-state index contributed by atoms with van der Waals surface area (Å²) in [7, 11) is 2.19. The van der Waals surface area contributed by atoms with E-state index in [0.29, 0.717) is 6.04 Å². The fraction of sp³-hybridized carbons (Fsp3) is 1.00. The summed E-state index contributed by atoms with van der Waals surface area (Å²) in [6.07, 6.45) is 2.55. The molecular formula is C11H25N3. The monoisotopic (exact) mass is 199 g/mol. The van der Waals surface area contributed by atoms with Crippen LogP contribution in [-0.2, 0) is 0 Å². The number of piperidine rings is 1. The van der Waals surface area contributed by atoms with Crippen LogP contribution >= 0.6 is 0 Å². The minimum Gasteiger partial charge on any atom is -0.330 e. The maximum absolute atomic E-state index is 5.70. The molecule has 0 saturated carbocycles. The average Bonchev–Trinajstić information content (AvgIpc) is 2.17. The van der Waals surface area contributed by atoms with E-state index in [1.807, 2.05) is 0 Å². The molecule has 3 nitrogen and oxygen atoms in total. The van der Waals surface area contributed by atoms with Gasteiger partial charge in [0, 0.05) is 12.6 Å². The van der Waals surface area contributed by atoms with Crippen LogP contribution in [0.4, 0.5) is 0 Å². The van der Waals surface area contributed by atoms with Crippen molar-refractivity contribution in [3.63, 3.8) is 0 Å². The second-order valence-corrected chi connectivity index (χ2v) is 5.33. The van der Waals surface area contributed by atoms with Crippen molar-refractivity contribution in [1.29, 1.82) is 0 Å². The molecule has 0 radical (unpaired) electrons. The van der Waals surface area contributed by atoms with Crippen LogP contribution in [0.15, 0.2) is 0 Å². The van der Waals surface area contributed by atoms with Crippen molar-refractivity contribution in [2.45, 2.75) is 32.7 Å². The van der Waals surface area contributed by atoms with Crippen LogP contribution in [-0.4, -0.2) is 44.2 Å². The van der Waals surface area contributed by atoms with Gasteiger partial charge in [0.15, 0.2) is 0 Å². The van der Waals surface area contributed by atoms with Crippen LogP contribution < -0.4 is 11.1 Å². The highest BCUT2D eigenvalue weighted by Crippen LogP contribution is 2.13. The lowest BCUT2D eigenvalue weighted by atomic mass is 9.93. The molecule has 14 heavy (non-hydrogen) atoms. The molecule has 1 heterocycles. The average molecular weight is 199 g/mol. The summed E-state index contributed by atoms with van der Waals surface area (Å²) in [5.41, 5.74) is 5.94. The molecule has 0 aliphatic carbocycles. The normalized spacial score (nSPS) is 21.4. The SMILES string of the molecule is CN1CCC(NCC(C)(C)CN)CC1. The Morgan fingerprint density at radius 2 is 1.93 bits per heavy atom. The summed E-state index contributed by atoms with van der Waals surface area (Å²) >= 11 is 0. The zero-order chi connectivity index (χ0) is 10.6. The first-order chi connectivity index (χ1) is 6.53. The lowest BCUT2D eigenvalue weighted by Crippen LogP contribution is -2.45. The molecule has 0 atom stereocenters. The van der Waals surface area contributed by atoms with Crippen LogP contribution in [0.25, 0.3) is 0 Å². The number of likely N-dealkylation sites (tertiary alicyclic amines) is 1. The quantitative estimate of drug-likeness (QED) is 0.699. The molecule has 3 heteroatoms. The maximum Gasteiger partial charge on any atom is 0.00916 e. The Kier molecular flexibility index (Phi) is 4.35. The van der Waals surface area contributed by atoms with Gasteiger partial charge in [-0.05, 0) is 44.9 Å². The Morgan fingerprint density at radius 1 is 1.36 bits per heavy atom. The summed E-state index contributed by atoms with van der Waals surface area (Å²) in [5.74, 6) is 0. The first-order valence-corrected chi connectivity index (χ1v) is 5.65. The summed E-state index contributed by atoms with van der Waals surface area (Å²) in [4.78, 5) is 2.40. The summed E-state index contributed by atoms with van der Waals surface area (Å²) in [6, 6.07) is 0.706. The number of hydrogen-bond acceptors (Lipinski definition) is 3. The van der Waals surface area contributed by atoms with Gasteiger partial charge in [-0.2, -0.15) is 0 Å². The van der Waals surface area contributed by atoms with Gasteiger partial charge in [0.1, 0.15) is 0 Å². The molecule has 84 valence electrons. The van der Waals surface area contributed by atoms with Gasteiger partial charge in [0.2, 0.25) is 0 Å². The van der Waals surface area contributed by atoms with E-state index in [9.17, 15) is 0 Å². The predicted molar refractivity (Wildman–Crippen MR) is 61.4 cm³/mol. The Balaban J connectivity index is 2.19. The third-order valence-electron chi connectivity index (χ3n) is 3.14. The van der Waals surface area contributed by atoms with Gasteiger partial charge in [-0.1, -0.05) is 13.8 Å². The van der Waals surface area contributed by atoms with E-state index < -0.39 is 0 Å². The zero-order valence-corrected chi connectivity index (χ0v) is 9.84. The molecule has 1 fully saturated rings. The molecule has 1 saturated heterocycles. The molecule has 1 rings (SSSR count). The van der Waals surface area contributed by atoms with Crippen molar-refractivity contribution in [2.75, 3.05) is 33.2 Å². The van der Waals surface area contributed by atoms with Crippen LogP contribution in [0.3, 0.4) is 0 Å². The van der Waals surface area contributed by atoms with Gasteiger partial charge >= 0.3 is 0 Å². The van der Waals surface area contributed by atoms with Crippen molar-refractivity contribution >= 4 is 0 Å². The molecule has 1 aliphatic heterocycles. The van der Waals surface area contributed by atoms with E-state index in [4.69, 9.17) is 5.73 Å². The minimum atomic E-state index is 0.239. The van der Waals surface area contributed by atoms with E-state index >= 15 is 0 Å². The van der Waals surface area contributed by atoms with Crippen molar-refractivity contribution in [1.82, 2.24) is 10.2 Å². The van der Waals surface area contributed by atoms with Crippen LogP contribution in [0.2, 0.25) is 0 Å². The second kappa shape index (κ2) is 5.10. The van der Waals surface area contributed by atoms with Crippen molar-refractivity contribution in [3.8, 4) is 0 Å². The molecular weight excluding hydrogens is 174 g/mol. The fourth-order valence-electron chi connectivity index (χ4n) is 1.71. The van der Waals surface area contributed by atoms with E-state index in [1.165, 1.54) is 25.9 Å². The lowest BCUT2D eigenvalue weighted by molar-refractivity contribution is 0.219. The van der Waals surface area contributed by atoms with Gasteiger partial charge in [-0.15, -0.1) is 0 Å². The first-order valence-electron chi connectivity index (χ1n) is 5.65. The van der Waals surface area contributed by atoms with Gasteiger partial charge in [0.25, 0.3) is 0 Å². The molecule has 0 spiro atoms. The lowest BCUT2D eigenvalue weighted by Gasteiger charge is -2.32. The fourth-order valence-corrected chi connectivity index (χ4v) is 1.71. The molecule has 0 amide bonds. The number of nitrogens with zero attached hydrogens (tertiary/aromatic N) is 1. The Hall–Kier alpha value is -0.120. The van der Waals surface area contributed by atoms with Crippen molar-refractivity contribution < 1.29 is 0 Å². The summed E-state index contributed by atoms with van der Waals surface area (Å²) in [5, 5.41) is 3.63. The Labute approximate surface area is 88.0 Å². The second-order valence-electron chi connectivity index (χ2n) is 5.33. The molecule has 3 N–H and O–H groups in total. The highest BCUT2D eigenvalue weighted by atomic mass is 15.1. The van der Waals surface area contributed by atoms with E-state index in [2.05, 4.69) is 31.1 Å². The molecule has 0 aromatic rings. The number of nitrogens with two attached hydrogens (primary N) is 1. The number of nitrogens with one attached hydrogen (secondary N) is 1. The maximum atomic E-state index is 5.70. The smallest absolute Gasteiger partial charge is 0.00916 e. The molecule has 0 aromatic heterocycles. The largest absolute Gasteiger partial charge is 0.330 e. The molecule has 1 aliphatic rings. The van der Waals surface area contributed by atoms with Crippen molar-refractivity contribution in [3.05, 3.63) is 0 Å². The third kappa shape index (κ3) is 3.95. The highest BCUT2D eigenvalue weighted by Gasteiger charge is 2.20. The molecule has 0 bridgehead atoms. The first kappa shape index (κ1) is 12.0. The van der Waals surface area contributed by atoms with Crippen LogP contribution in [0.1, 0.15) is 26.7 Å². The van der Waals surface area contributed by atoms with E-state index in [1.54, 1.807) is 0 Å². The standard InChI is InChI=1S/C11H25N3/c1-11(2,8-12)9-13-10-4-6-14(3)7-5-10/h10,13H,4-9,12H2,1-3H3. The van der Waals surface area contributed by atoms with Crippen molar-refractivity contribution in [2.24, 2.45) is 11.1 Å². The topological polar surface area (TPSA) is 41.3 Å². The predicted octanol–water partition coefficient (Wildman–Crippen LogP) is 0.655. The Morgan fingerprint density at radius 3 is 2.43 bits per heavy atom. The van der Waals surface area contributed by atoms with Crippen LogP contribution in [0.5, 0.6) is 0 Å². The zero-order valence-electron chi connectivity index (χ0n) is 9.84. The molecule has 0 aromatic carbocycles. The van der Waals surface area contributed by atoms with Gasteiger partial charge < -0.3 is 16.0 Å². The Bertz CT molecular complexity index is 160. The number of rotatable bonds is 4. The van der Waals surface area contributed by atoms with E-state index in [0.717, 1.165) is 13.1 Å². The van der Waals surface area contributed by atoms with E-state index in [-0.39, 0.29) is 5.41 Å². The third-order valence-corrected chi connectivity index (χ3v) is 3.14. The van der Waals surface area contributed by atoms with Gasteiger partial charge in [-0.25, -0.2) is 0 Å². The van der Waals surface area contributed by atoms with Crippen LogP contribution in [0, 0.1) is 5.41 Å². The van der Waals surface area contributed by atoms with Gasteiger partial charge in [-0.3, -0.25) is 0 Å².